The van der Waals surface area contributed by atoms with Gasteiger partial charge in [0.05, 0.1) is 12.2 Å². The first-order valence-electron chi connectivity index (χ1n) is 8.68. The van der Waals surface area contributed by atoms with Crippen molar-refractivity contribution in [2.24, 2.45) is 0 Å². The molecule has 0 unspecified atom stereocenters. The van der Waals surface area contributed by atoms with Crippen LogP contribution in [-0.4, -0.2) is 39.3 Å². The van der Waals surface area contributed by atoms with Gasteiger partial charge < -0.3 is 4.90 Å². The molecule has 2 aromatic rings. The molecule has 0 atom stereocenters. The molecule has 6 heteroatoms. The molecule has 4 rings (SSSR count). The number of aromatic nitrogens is 1. The van der Waals surface area contributed by atoms with Gasteiger partial charge in [-0.15, -0.1) is 11.3 Å². The Hall–Kier alpha value is -2.21. The normalized spacial score (nSPS) is 17.9. The Morgan fingerprint density at radius 1 is 1.20 bits per heavy atom. The average molecular weight is 355 g/mol. The summed E-state index contributed by atoms with van der Waals surface area (Å²) in [7, 11) is 0. The molecule has 2 fully saturated rings. The minimum Gasteiger partial charge on any atom is -0.312 e. The molecule has 1 saturated heterocycles. The van der Waals surface area contributed by atoms with Gasteiger partial charge in [0.1, 0.15) is 11.6 Å². The first kappa shape index (κ1) is 16.3. The number of hydrogen-bond donors (Lipinski definition) is 0. The Balaban J connectivity index is 1.48. The van der Waals surface area contributed by atoms with Crippen molar-refractivity contribution in [2.45, 2.75) is 45.2 Å². The van der Waals surface area contributed by atoms with E-state index in [1.165, 1.54) is 10.5 Å². The summed E-state index contributed by atoms with van der Waals surface area (Å²) in [6.45, 7) is 4.83. The van der Waals surface area contributed by atoms with Gasteiger partial charge in [0.25, 0.3) is 5.91 Å². The van der Waals surface area contributed by atoms with Gasteiger partial charge in [-0.1, -0.05) is 38.1 Å². The summed E-state index contributed by atoms with van der Waals surface area (Å²) in [6.07, 6.45) is 2.03. The van der Waals surface area contributed by atoms with Crippen LogP contribution in [0.25, 0.3) is 10.6 Å². The molecule has 130 valence electrons. The van der Waals surface area contributed by atoms with E-state index in [-0.39, 0.29) is 31.1 Å². The molecule has 2 heterocycles. The molecule has 1 aromatic carbocycles. The van der Waals surface area contributed by atoms with E-state index in [2.05, 4.69) is 43.1 Å². The molecule has 25 heavy (non-hydrogen) atoms. The first-order chi connectivity index (χ1) is 12.0. The fourth-order valence-electron chi connectivity index (χ4n) is 3.07. The smallest absolute Gasteiger partial charge is 0.312 e. The van der Waals surface area contributed by atoms with Gasteiger partial charge in [-0.25, -0.2) is 9.78 Å². The van der Waals surface area contributed by atoms with E-state index in [1.54, 1.807) is 16.2 Å². The van der Waals surface area contributed by atoms with Crippen molar-refractivity contribution < 1.29 is 9.59 Å². The van der Waals surface area contributed by atoms with Crippen LogP contribution in [0.3, 0.4) is 0 Å². The van der Waals surface area contributed by atoms with Gasteiger partial charge in [-0.05, 0) is 24.3 Å². The highest BCUT2D eigenvalue weighted by molar-refractivity contribution is 7.13. The second kappa shape index (κ2) is 6.26. The third-order valence-electron chi connectivity index (χ3n) is 4.77. The van der Waals surface area contributed by atoms with E-state index in [0.29, 0.717) is 5.92 Å². The number of thiazole rings is 1. The minimum absolute atomic E-state index is 0.118. The van der Waals surface area contributed by atoms with Crippen molar-refractivity contribution in [2.75, 3.05) is 6.54 Å². The number of nitrogens with zero attached hydrogens (tertiary/aromatic N) is 3. The number of urea groups is 1. The predicted molar refractivity (Wildman–Crippen MR) is 97.3 cm³/mol. The number of imide groups is 1. The van der Waals surface area contributed by atoms with Crippen molar-refractivity contribution in [1.82, 2.24) is 14.8 Å². The van der Waals surface area contributed by atoms with Crippen LogP contribution in [-0.2, 0) is 11.3 Å². The maximum absolute atomic E-state index is 12.4. The van der Waals surface area contributed by atoms with Gasteiger partial charge in [0, 0.05) is 17.0 Å². The van der Waals surface area contributed by atoms with Crippen LogP contribution in [0.5, 0.6) is 0 Å². The number of carbonyl (C=O) groups is 2. The Kier molecular flexibility index (Phi) is 4.07. The quantitative estimate of drug-likeness (QED) is 0.765. The zero-order chi connectivity index (χ0) is 17.6. The van der Waals surface area contributed by atoms with Crippen LogP contribution >= 0.6 is 11.3 Å². The molecule has 0 N–H and O–H groups in total. The van der Waals surface area contributed by atoms with Gasteiger partial charge in [-0.3, -0.25) is 9.69 Å². The molecular formula is C19H21N3O2S. The molecule has 2 aliphatic rings. The lowest BCUT2D eigenvalue weighted by Gasteiger charge is -2.15. The number of amides is 3. The summed E-state index contributed by atoms with van der Waals surface area (Å²) in [5.74, 6) is 0.384. The lowest BCUT2D eigenvalue weighted by atomic mass is 10.0. The zero-order valence-electron chi connectivity index (χ0n) is 14.4. The number of benzene rings is 1. The Morgan fingerprint density at radius 2 is 1.92 bits per heavy atom. The number of hydrogen-bond acceptors (Lipinski definition) is 4. The summed E-state index contributed by atoms with van der Waals surface area (Å²) in [4.78, 5) is 32.2. The molecule has 3 amide bonds. The predicted octanol–water partition coefficient (Wildman–Crippen LogP) is 3.86. The maximum Gasteiger partial charge on any atom is 0.327 e. The topological polar surface area (TPSA) is 53.5 Å². The van der Waals surface area contributed by atoms with Crippen LogP contribution in [0, 0.1) is 0 Å². The summed E-state index contributed by atoms with van der Waals surface area (Å²) >= 11 is 1.55. The molecular weight excluding hydrogens is 334 g/mol. The van der Waals surface area contributed by atoms with Crippen LogP contribution < -0.4 is 0 Å². The number of rotatable bonds is 5. The molecule has 1 aliphatic carbocycles. The van der Waals surface area contributed by atoms with Crippen molar-refractivity contribution in [3.63, 3.8) is 0 Å². The third-order valence-corrected chi connectivity index (χ3v) is 5.71. The SMILES string of the molecule is CC(C)c1ccc(-c2nc(CN3C(=O)CN(C4CC4)C3=O)cs2)cc1. The summed E-state index contributed by atoms with van der Waals surface area (Å²) < 4.78 is 0. The van der Waals surface area contributed by atoms with Crippen LogP contribution in [0.15, 0.2) is 29.6 Å². The summed E-state index contributed by atoms with van der Waals surface area (Å²) in [5, 5.41) is 2.86. The highest BCUT2D eigenvalue weighted by Gasteiger charge is 2.43. The molecule has 1 aromatic heterocycles. The van der Waals surface area contributed by atoms with Gasteiger partial charge in [0.15, 0.2) is 0 Å². The first-order valence-corrected chi connectivity index (χ1v) is 9.56. The Morgan fingerprint density at radius 3 is 2.56 bits per heavy atom. The molecule has 0 radical (unpaired) electrons. The largest absolute Gasteiger partial charge is 0.327 e. The molecule has 0 spiro atoms. The van der Waals surface area contributed by atoms with Crippen LogP contribution in [0.2, 0.25) is 0 Å². The average Bonchev–Trinajstić information content (AvgIpc) is 3.27. The summed E-state index contributed by atoms with van der Waals surface area (Å²) in [5.41, 5.74) is 3.14. The zero-order valence-corrected chi connectivity index (χ0v) is 15.3. The fourth-order valence-corrected chi connectivity index (χ4v) is 3.89. The Labute approximate surface area is 151 Å². The maximum atomic E-state index is 12.4. The van der Waals surface area contributed by atoms with E-state index < -0.39 is 0 Å². The van der Waals surface area contributed by atoms with E-state index in [1.807, 2.05) is 5.38 Å². The fraction of sp³-hybridized carbons (Fsp3) is 0.421. The Bertz CT molecular complexity index is 808. The van der Waals surface area contributed by atoms with E-state index in [4.69, 9.17) is 0 Å². The van der Waals surface area contributed by atoms with Crippen molar-refractivity contribution in [3.8, 4) is 10.6 Å². The highest BCUT2D eigenvalue weighted by Crippen LogP contribution is 2.31. The third kappa shape index (κ3) is 3.18. The minimum atomic E-state index is -0.164. The van der Waals surface area contributed by atoms with Gasteiger partial charge in [-0.2, -0.15) is 0 Å². The van der Waals surface area contributed by atoms with E-state index in [9.17, 15) is 9.59 Å². The van der Waals surface area contributed by atoms with Crippen LogP contribution in [0.4, 0.5) is 4.79 Å². The molecule has 0 bridgehead atoms. The van der Waals surface area contributed by atoms with Gasteiger partial charge in [0.2, 0.25) is 0 Å². The number of carbonyl (C=O) groups excluding carboxylic acids is 2. The second-order valence-corrected chi connectivity index (χ2v) is 7.90. The van der Waals surface area contributed by atoms with Crippen molar-refractivity contribution >= 4 is 23.3 Å². The summed E-state index contributed by atoms with van der Waals surface area (Å²) in [6, 6.07) is 8.53. The van der Waals surface area contributed by atoms with Crippen molar-refractivity contribution in [3.05, 3.63) is 40.9 Å². The second-order valence-electron chi connectivity index (χ2n) is 7.04. The van der Waals surface area contributed by atoms with Gasteiger partial charge >= 0.3 is 6.03 Å². The van der Waals surface area contributed by atoms with E-state index in [0.717, 1.165) is 29.1 Å². The lowest BCUT2D eigenvalue weighted by Crippen LogP contribution is -2.33. The van der Waals surface area contributed by atoms with Crippen LogP contribution in [0.1, 0.15) is 43.9 Å². The standard InChI is InChI=1S/C19H21N3O2S/c1-12(2)13-3-5-14(6-4-13)18-20-15(11-25-18)9-22-17(23)10-21(19(22)24)16-7-8-16/h3-6,11-12,16H,7-10H2,1-2H3. The highest BCUT2D eigenvalue weighted by atomic mass is 32.1. The molecule has 1 aliphatic heterocycles. The van der Waals surface area contributed by atoms with Crippen molar-refractivity contribution in [1.29, 1.82) is 0 Å². The molecule has 1 saturated carbocycles. The lowest BCUT2D eigenvalue weighted by molar-refractivity contribution is -0.125. The van der Waals surface area contributed by atoms with E-state index >= 15 is 0 Å². The monoisotopic (exact) mass is 355 g/mol. The molecule has 5 nitrogen and oxygen atoms in total.